The summed E-state index contributed by atoms with van der Waals surface area (Å²) in [6, 6.07) is 4.23. The number of phenols is 1. The molecule has 19 heavy (non-hydrogen) atoms. The maximum atomic E-state index is 12.1. The van der Waals surface area contributed by atoms with Crippen molar-refractivity contribution in [1.29, 1.82) is 0 Å². The van der Waals surface area contributed by atoms with Crippen molar-refractivity contribution < 1.29 is 18.8 Å². The van der Waals surface area contributed by atoms with Crippen LogP contribution in [0.4, 0.5) is 0 Å². The average Bonchev–Trinajstić information content (AvgIpc) is 2.37. The van der Waals surface area contributed by atoms with Crippen LogP contribution in [-0.4, -0.2) is 39.0 Å². The standard InChI is InChI=1S/C13H17NO4S/c1-3-18-13(16)12-11-5-4-10(15)8-9(11)6-7-14(12)19(2)17/h4-5,8,12,15H,3,6-7H2,1-2H3. The van der Waals surface area contributed by atoms with Gasteiger partial charge in [0.25, 0.3) is 0 Å². The second-order valence-corrected chi connectivity index (χ2v) is 5.67. The fraction of sp³-hybridized carbons (Fsp3) is 0.462. The summed E-state index contributed by atoms with van der Waals surface area (Å²) in [6.07, 6.45) is 2.21. The summed E-state index contributed by atoms with van der Waals surface area (Å²) in [7, 11) is -1.25. The molecule has 1 N–H and O–H groups in total. The number of fused-ring (bicyclic) bond motifs is 1. The van der Waals surface area contributed by atoms with Crippen LogP contribution in [0, 0.1) is 0 Å². The molecule has 0 amide bonds. The van der Waals surface area contributed by atoms with E-state index in [1.54, 1.807) is 29.6 Å². The van der Waals surface area contributed by atoms with Gasteiger partial charge in [-0.2, -0.15) is 0 Å². The summed E-state index contributed by atoms with van der Waals surface area (Å²) >= 11 is 0. The number of ether oxygens (including phenoxy) is 1. The number of benzene rings is 1. The van der Waals surface area contributed by atoms with E-state index in [0.717, 1.165) is 11.1 Å². The van der Waals surface area contributed by atoms with Crippen LogP contribution in [-0.2, 0) is 26.9 Å². The van der Waals surface area contributed by atoms with Gasteiger partial charge in [-0.15, -0.1) is 0 Å². The van der Waals surface area contributed by atoms with E-state index >= 15 is 0 Å². The molecule has 0 fully saturated rings. The third kappa shape index (κ3) is 2.79. The van der Waals surface area contributed by atoms with Crippen molar-refractivity contribution in [2.75, 3.05) is 19.4 Å². The van der Waals surface area contributed by atoms with Crippen LogP contribution in [0.25, 0.3) is 0 Å². The lowest BCUT2D eigenvalue weighted by Gasteiger charge is -2.33. The highest BCUT2D eigenvalue weighted by molar-refractivity contribution is 7.81. The maximum Gasteiger partial charge on any atom is 0.328 e. The molecular formula is C13H17NO4S. The number of carbonyl (C=O) groups is 1. The van der Waals surface area contributed by atoms with E-state index in [0.29, 0.717) is 13.0 Å². The third-order valence-electron chi connectivity index (χ3n) is 3.15. The SMILES string of the molecule is CCOC(=O)C1c2ccc(O)cc2CCN1S(C)=O. The van der Waals surface area contributed by atoms with Gasteiger partial charge < -0.3 is 9.84 Å². The zero-order valence-electron chi connectivity index (χ0n) is 11.0. The Morgan fingerprint density at radius 3 is 2.95 bits per heavy atom. The summed E-state index contributed by atoms with van der Waals surface area (Å²) < 4.78 is 18.5. The molecule has 1 aromatic rings. The smallest absolute Gasteiger partial charge is 0.328 e. The van der Waals surface area contributed by atoms with E-state index in [4.69, 9.17) is 4.74 Å². The number of nitrogens with zero attached hydrogens (tertiary/aromatic N) is 1. The minimum atomic E-state index is -1.25. The van der Waals surface area contributed by atoms with Crippen LogP contribution in [0.5, 0.6) is 5.75 Å². The van der Waals surface area contributed by atoms with E-state index < -0.39 is 23.0 Å². The molecule has 5 nitrogen and oxygen atoms in total. The number of carbonyl (C=O) groups excluding carboxylic acids is 1. The molecule has 0 radical (unpaired) electrons. The minimum Gasteiger partial charge on any atom is -0.508 e. The largest absolute Gasteiger partial charge is 0.508 e. The van der Waals surface area contributed by atoms with Gasteiger partial charge in [0.2, 0.25) is 0 Å². The van der Waals surface area contributed by atoms with E-state index in [-0.39, 0.29) is 12.4 Å². The van der Waals surface area contributed by atoms with Crippen LogP contribution in [0.2, 0.25) is 0 Å². The first-order chi connectivity index (χ1) is 9.04. The van der Waals surface area contributed by atoms with Gasteiger partial charge >= 0.3 is 5.97 Å². The topological polar surface area (TPSA) is 66.8 Å². The highest BCUT2D eigenvalue weighted by atomic mass is 32.2. The molecular weight excluding hydrogens is 266 g/mol. The summed E-state index contributed by atoms with van der Waals surface area (Å²) in [6.45, 7) is 2.53. The lowest BCUT2D eigenvalue weighted by atomic mass is 9.94. The molecule has 2 unspecified atom stereocenters. The monoisotopic (exact) mass is 283 g/mol. The highest BCUT2D eigenvalue weighted by Crippen LogP contribution is 2.33. The average molecular weight is 283 g/mol. The lowest BCUT2D eigenvalue weighted by Crippen LogP contribution is -2.41. The quantitative estimate of drug-likeness (QED) is 0.845. The van der Waals surface area contributed by atoms with E-state index in [9.17, 15) is 14.1 Å². The van der Waals surface area contributed by atoms with Gasteiger partial charge in [0.05, 0.1) is 17.6 Å². The Balaban J connectivity index is 2.43. The molecule has 0 spiro atoms. The first-order valence-corrected chi connectivity index (χ1v) is 7.64. The first-order valence-electron chi connectivity index (χ1n) is 6.13. The van der Waals surface area contributed by atoms with Crippen LogP contribution < -0.4 is 0 Å². The van der Waals surface area contributed by atoms with Gasteiger partial charge in [-0.3, -0.25) is 0 Å². The molecule has 1 aliphatic rings. The molecule has 0 saturated heterocycles. The maximum absolute atomic E-state index is 12.1. The Kier molecular flexibility index (Phi) is 4.21. The normalized spacial score (nSPS) is 20.6. The van der Waals surface area contributed by atoms with Gasteiger partial charge in [-0.1, -0.05) is 6.07 Å². The molecule has 2 atom stereocenters. The predicted molar refractivity (Wildman–Crippen MR) is 72.0 cm³/mol. The predicted octanol–water partition coefficient (Wildman–Crippen LogP) is 1.15. The molecule has 0 aromatic heterocycles. The second kappa shape index (κ2) is 5.71. The molecule has 0 bridgehead atoms. The van der Waals surface area contributed by atoms with Crippen molar-refractivity contribution in [3.63, 3.8) is 0 Å². The van der Waals surface area contributed by atoms with Crippen molar-refractivity contribution in [2.45, 2.75) is 19.4 Å². The number of hydrogen-bond acceptors (Lipinski definition) is 4. The zero-order valence-corrected chi connectivity index (χ0v) is 11.8. The Bertz CT molecular complexity index is 517. The van der Waals surface area contributed by atoms with Gasteiger partial charge in [0.1, 0.15) is 11.8 Å². The fourth-order valence-corrected chi connectivity index (χ4v) is 3.18. The van der Waals surface area contributed by atoms with Crippen LogP contribution in [0.15, 0.2) is 18.2 Å². The second-order valence-electron chi connectivity index (χ2n) is 4.35. The Hall–Kier alpha value is -1.40. The van der Waals surface area contributed by atoms with Crippen molar-refractivity contribution in [3.05, 3.63) is 29.3 Å². The van der Waals surface area contributed by atoms with Gasteiger partial charge in [0, 0.05) is 12.8 Å². The molecule has 2 rings (SSSR count). The summed E-state index contributed by atoms with van der Waals surface area (Å²) in [5.74, 6) is -0.225. The molecule has 0 aliphatic carbocycles. The molecule has 104 valence electrons. The Morgan fingerprint density at radius 2 is 2.32 bits per heavy atom. The highest BCUT2D eigenvalue weighted by Gasteiger charge is 2.36. The van der Waals surface area contributed by atoms with E-state index in [1.807, 2.05) is 0 Å². The van der Waals surface area contributed by atoms with E-state index in [1.165, 1.54) is 6.07 Å². The van der Waals surface area contributed by atoms with E-state index in [2.05, 4.69) is 0 Å². The van der Waals surface area contributed by atoms with Crippen LogP contribution >= 0.6 is 0 Å². The third-order valence-corrected chi connectivity index (χ3v) is 4.20. The molecule has 6 heteroatoms. The first kappa shape index (κ1) is 14.0. The number of aromatic hydroxyl groups is 1. The Morgan fingerprint density at radius 1 is 1.58 bits per heavy atom. The van der Waals surface area contributed by atoms with Crippen molar-refractivity contribution in [2.24, 2.45) is 0 Å². The molecule has 1 heterocycles. The van der Waals surface area contributed by atoms with Gasteiger partial charge in [0.15, 0.2) is 0 Å². The molecule has 0 saturated carbocycles. The summed E-state index contributed by atoms with van der Waals surface area (Å²) in [5.41, 5.74) is 1.66. The van der Waals surface area contributed by atoms with Crippen LogP contribution in [0.3, 0.4) is 0 Å². The Labute approximate surface area is 114 Å². The van der Waals surface area contributed by atoms with Crippen LogP contribution in [0.1, 0.15) is 24.1 Å². The van der Waals surface area contributed by atoms with Gasteiger partial charge in [-0.25, -0.2) is 13.3 Å². The lowest BCUT2D eigenvalue weighted by molar-refractivity contribution is -0.148. The van der Waals surface area contributed by atoms with Crippen molar-refractivity contribution >= 4 is 17.0 Å². The number of phenolic OH excluding ortho intramolecular Hbond substituents is 1. The number of hydrogen-bond donors (Lipinski definition) is 1. The summed E-state index contributed by atoms with van der Waals surface area (Å²) in [4.78, 5) is 12.1. The number of esters is 1. The zero-order chi connectivity index (χ0) is 14.0. The molecule has 1 aromatic carbocycles. The minimum absolute atomic E-state index is 0.174. The van der Waals surface area contributed by atoms with Crippen molar-refractivity contribution in [3.8, 4) is 5.75 Å². The summed E-state index contributed by atoms with van der Waals surface area (Å²) in [5, 5.41) is 9.50. The van der Waals surface area contributed by atoms with Crippen molar-refractivity contribution in [1.82, 2.24) is 4.31 Å². The fourth-order valence-electron chi connectivity index (χ4n) is 2.33. The molecule has 1 aliphatic heterocycles. The van der Waals surface area contributed by atoms with Gasteiger partial charge in [-0.05, 0) is 36.6 Å². The number of rotatable bonds is 3.